The van der Waals surface area contributed by atoms with E-state index < -0.39 is 0 Å². The maximum absolute atomic E-state index is 12.5. The highest BCUT2D eigenvalue weighted by molar-refractivity contribution is 7.99. The highest BCUT2D eigenvalue weighted by Crippen LogP contribution is 2.25. The van der Waals surface area contributed by atoms with Crippen molar-refractivity contribution in [2.24, 2.45) is 0 Å². The van der Waals surface area contributed by atoms with Crippen LogP contribution < -0.4 is 10.6 Å². The van der Waals surface area contributed by atoms with Crippen LogP contribution in [0.25, 0.3) is 22.2 Å². The summed E-state index contributed by atoms with van der Waals surface area (Å²) in [5.74, 6) is 1.68. The van der Waals surface area contributed by atoms with Crippen molar-refractivity contribution in [1.82, 2.24) is 25.1 Å². The summed E-state index contributed by atoms with van der Waals surface area (Å²) >= 11 is 1.60. The van der Waals surface area contributed by atoms with Crippen LogP contribution in [-0.2, 0) is 17.8 Å². The van der Waals surface area contributed by atoms with E-state index >= 15 is 0 Å². The number of nitrogens with one attached hydrogen (secondary N) is 2. The number of benzene rings is 2. The Bertz CT molecular complexity index is 1240. The minimum Gasteiger partial charge on any atom is -0.367 e. The molecule has 0 fully saturated rings. The van der Waals surface area contributed by atoms with E-state index in [-0.39, 0.29) is 11.9 Å². The molecule has 0 aliphatic carbocycles. The molecule has 4 aromatic rings. The number of rotatable bonds is 10. The Morgan fingerprint density at radius 1 is 1.03 bits per heavy atom. The maximum Gasteiger partial charge on any atom is 0.224 e. The SMILES string of the molecule is CCSc1nc(NC(C)C)c2cnn(CCNC(=O)Cc3ccc(-c4ccccc4)cc3)c2n1. The molecule has 0 aliphatic rings. The molecule has 2 heterocycles. The molecule has 2 aromatic heterocycles. The fourth-order valence-electron chi connectivity index (χ4n) is 3.67. The number of carbonyl (C=O) groups excluding carboxylic acids is 1. The van der Waals surface area contributed by atoms with Gasteiger partial charge in [-0.05, 0) is 36.3 Å². The van der Waals surface area contributed by atoms with Crippen molar-refractivity contribution in [3.63, 3.8) is 0 Å². The molecule has 7 nitrogen and oxygen atoms in total. The molecule has 176 valence electrons. The monoisotopic (exact) mass is 474 g/mol. The van der Waals surface area contributed by atoms with Gasteiger partial charge in [0.15, 0.2) is 10.8 Å². The number of anilines is 1. The summed E-state index contributed by atoms with van der Waals surface area (Å²) in [5.41, 5.74) is 4.07. The minimum absolute atomic E-state index is 0.0112. The van der Waals surface area contributed by atoms with Gasteiger partial charge in [-0.25, -0.2) is 14.6 Å². The Kier molecular flexibility index (Phi) is 7.80. The zero-order chi connectivity index (χ0) is 23.9. The first kappa shape index (κ1) is 23.8. The fraction of sp³-hybridized carbons (Fsp3) is 0.308. The molecule has 0 saturated heterocycles. The van der Waals surface area contributed by atoms with Gasteiger partial charge in [-0.2, -0.15) is 5.10 Å². The lowest BCUT2D eigenvalue weighted by atomic mass is 10.0. The number of thioether (sulfide) groups is 1. The fourth-order valence-corrected chi connectivity index (χ4v) is 4.24. The molecular weight excluding hydrogens is 444 g/mol. The van der Waals surface area contributed by atoms with Crippen LogP contribution in [0.3, 0.4) is 0 Å². The van der Waals surface area contributed by atoms with Crippen LogP contribution >= 0.6 is 11.8 Å². The predicted octanol–water partition coefficient (Wildman–Crippen LogP) is 4.78. The van der Waals surface area contributed by atoms with Crippen LogP contribution in [0.15, 0.2) is 66.0 Å². The summed E-state index contributed by atoms with van der Waals surface area (Å²) in [5, 5.41) is 12.5. The van der Waals surface area contributed by atoms with Crippen molar-refractivity contribution in [3.8, 4) is 11.1 Å². The quantitative estimate of drug-likeness (QED) is 0.254. The van der Waals surface area contributed by atoms with E-state index in [4.69, 9.17) is 4.98 Å². The zero-order valence-corrected chi connectivity index (χ0v) is 20.6. The molecule has 0 saturated carbocycles. The number of fused-ring (bicyclic) bond motifs is 1. The van der Waals surface area contributed by atoms with E-state index in [1.165, 1.54) is 5.56 Å². The Morgan fingerprint density at radius 2 is 1.76 bits per heavy atom. The summed E-state index contributed by atoms with van der Waals surface area (Å²) in [6.45, 7) is 7.25. The van der Waals surface area contributed by atoms with Crippen LogP contribution in [0.2, 0.25) is 0 Å². The molecule has 0 bridgehead atoms. The van der Waals surface area contributed by atoms with Gasteiger partial charge in [-0.3, -0.25) is 4.79 Å². The van der Waals surface area contributed by atoms with E-state index in [2.05, 4.69) is 65.8 Å². The van der Waals surface area contributed by atoms with Crippen LogP contribution in [0.5, 0.6) is 0 Å². The second kappa shape index (κ2) is 11.2. The second-order valence-electron chi connectivity index (χ2n) is 8.28. The average molecular weight is 475 g/mol. The van der Waals surface area contributed by atoms with Gasteiger partial charge in [0, 0.05) is 12.6 Å². The largest absolute Gasteiger partial charge is 0.367 e. The van der Waals surface area contributed by atoms with Crippen LogP contribution in [-0.4, -0.2) is 44.0 Å². The molecule has 2 aromatic carbocycles. The topological polar surface area (TPSA) is 84.7 Å². The third kappa shape index (κ3) is 5.94. The first-order valence-corrected chi connectivity index (χ1v) is 12.6. The zero-order valence-electron chi connectivity index (χ0n) is 19.8. The van der Waals surface area contributed by atoms with Crippen molar-refractivity contribution in [3.05, 3.63) is 66.4 Å². The van der Waals surface area contributed by atoms with Crippen molar-refractivity contribution >= 4 is 34.5 Å². The van der Waals surface area contributed by atoms with Gasteiger partial charge in [0.25, 0.3) is 0 Å². The summed E-state index contributed by atoms with van der Waals surface area (Å²) in [6.07, 6.45) is 2.13. The van der Waals surface area contributed by atoms with Gasteiger partial charge < -0.3 is 10.6 Å². The predicted molar refractivity (Wildman–Crippen MR) is 139 cm³/mol. The lowest BCUT2D eigenvalue weighted by Crippen LogP contribution is -2.28. The van der Waals surface area contributed by atoms with E-state index in [0.717, 1.165) is 38.9 Å². The van der Waals surface area contributed by atoms with Gasteiger partial charge >= 0.3 is 0 Å². The van der Waals surface area contributed by atoms with Crippen molar-refractivity contribution in [1.29, 1.82) is 0 Å². The van der Waals surface area contributed by atoms with E-state index in [9.17, 15) is 4.79 Å². The normalized spacial score (nSPS) is 11.2. The summed E-state index contributed by atoms with van der Waals surface area (Å²) < 4.78 is 1.83. The van der Waals surface area contributed by atoms with E-state index in [1.54, 1.807) is 18.0 Å². The van der Waals surface area contributed by atoms with Crippen LogP contribution in [0.4, 0.5) is 5.82 Å². The molecule has 4 rings (SSSR count). The third-order valence-electron chi connectivity index (χ3n) is 5.25. The molecular formula is C26H30N6OS. The van der Waals surface area contributed by atoms with Gasteiger partial charge in [0.2, 0.25) is 5.91 Å². The highest BCUT2D eigenvalue weighted by atomic mass is 32.2. The molecule has 0 atom stereocenters. The Balaban J connectivity index is 1.37. The van der Waals surface area contributed by atoms with Crippen LogP contribution in [0, 0.1) is 0 Å². The first-order valence-electron chi connectivity index (χ1n) is 11.6. The molecule has 1 amide bonds. The molecule has 2 N–H and O–H groups in total. The Morgan fingerprint density at radius 3 is 2.47 bits per heavy atom. The molecule has 8 heteroatoms. The van der Waals surface area contributed by atoms with E-state index in [0.29, 0.717) is 19.5 Å². The number of carbonyl (C=O) groups is 1. The van der Waals surface area contributed by atoms with Gasteiger partial charge in [-0.1, -0.05) is 73.3 Å². The highest BCUT2D eigenvalue weighted by Gasteiger charge is 2.14. The molecule has 0 radical (unpaired) electrons. The molecule has 34 heavy (non-hydrogen) atoms. The maximum atomic E-state index is 12.5. The number of nitrogens with zero attached hydrogens (tertiary/aromatic N) is 4. The van der Waals surface area contributed by atoms with Gasteiger partial charge in [0.05, 0.1) is 24.5 Å². The smallest absolute Gasteiger partial charge is 0.224 e. The van der Waals surface area contributed by atoms with Crippen molar-refractivity contribution in [2.75, 3.05) is 17.6 Å². The van der Waals surface area contributed by atoms with Crippen LogP contribution in [0.1, 0.15) is 26.3 Å². The Hall–Kier alpha value is -3.39. The molecule has 0 unspecified atom stereocenters. The summed E-state index contributed by atoms with van der Waals surface area (Å²) in [6, 6.07) is 18.6. The number of hydrogen-bond acceptors (Lipinski definition) is 6. The summed E-state index contributed by atoms with van der Waals surface area (Å²) in [7, 11) is 0. The van der Waals surface area contributed by atoms with E-state index in [1.807, 2.05) is 35.0 Å². The first-order chi connectivity index (χ1) is 16.5. The lowest BCUT2D eigenvalue weighted by molar-refractivity contribution is -0.120. The molecule has 0 aliphatic heterocycles. The lowest BCUT2D eigenvalue weighted by Gasteiger charge is -2.12. The van der Waals surface area contributed by atoms with Gasteiger partial charge in [0.1, 0.15) is 5.82 Å². The molecule has 0 spiro atoms. The van der Waals surface area contributed by atoms with Gasteiger partial charge in [-0.15, -0.1) is 0 Å². The number of hydrogen-bond donors (Lipinski definition) is 2. The average Bonchev–Trinajstić information content (AvgIpc) is 3.23. The third-order valence-corrected chi connectivity index (χ3v) is 5.98. The standard InChI is InChI=1S/C26H30N6OS/c1-4-34-26-30-24(29-18(2)3)22-17-28-32(25(22)31-26)15-14-27-23(33)16-19-10-12-21(13-11-19)20-8-6-5-7-9-20/h5-13,17-18H,4,14-16H2,1-3H3,(H,27,33)(H,29,30,31). The van der Waals surface area contributed by atoms with Crippen molar-refractivity contribution in [2.45, 2.75) is 44.9 Å². The number of amides is 1. The Labute approximate surface area is 204 Å². The summed E-state index contributed by atoms with van der Waals surface area (Å²) in [4.78, 5) is 21.8. The second-order valence-corrected chi connectivity index (χ2v) is 9.51. The number of aromatic nitrogens is 4. The van der Waals surface area contributed by atoms with Crippen molar-refractivity contribution < 1.29 is 4.79 Å². The minimum atomic E-state index is -0.0112.